The van der Waals surface area contributed by atoms with Gasteiger partial charge in [-0.25, -0.2) is 4.79 Å². The minimum Gasteiger partial charge on any atom is -0.422 e. The van der Waals surface area contributed by atoms with Gasteiger partial charge in [-0.15, -0.1) is 0 Å². The first-order valence-corrected chi connectivity index (χ1v) is 8.66. The highest BCUT2D eigenvalue weighted by atomic mass is 16.4. The lowest BCUT2D eigenvalue weighted by molar-refractivity contribution is 0.102. The van der Waals surface area contributed by atoms with Crippen LogP contribution in [0.3, 0.4) is 0 Å². The summed E-state index contributed by atoms with van der Waals surface area (Å²) in [5.41, 5.74) is 0.725. The van der Waals surface area contributed by atoms with Gasteiger partial charge in [0.2, 0.25) is 0 Å². The highest BCUT2D eigenvalue weighted by Crippen LogP contribution is 2.20. The van der Waals surface area contributed by atoms with Crippen molar-refractivity contribution in [2.45, 2.75) is 0 Å². The summed E-state index contributed by atoms with van der Waals surface area (Å²) in [6.07, 6.45) is 0. The average Bonchev–Trinajstić information content (AvgIpc) is 2.73. The van der Waals surface area contributed by atoms with Crippen LogP contribution < -0.4 is 10.9 Å². The monoisotopic (exact) mass is 369 g/mol. The molecule has 136 valence electrons. The molecule has 0 atom stereocenters. The van der Waals surface area contributed by atoms with E-state index in [0.717, 1.165) is 0 Å². The van der Waals surface area contributed by atoms with E-state index < -0.39 is 11.5 Å². The smallest absolute Gasteiger partial charge is 0.349 e. The van der Waals surface area contributed by atoms with Crippen molar-refractivity contribution in [3.63, 3.8) is 0 Å². The Hall–Kier alpha value is -3.99. The van der Waals surface area contributed by atoms with Gasteiger partial charge in [0.15, 0.2) is 5.78 Å². The van der Waals surface area contributed by atoms with Crippen molar-refractivity contribution in [3.8, 4) is 0 Å². The molecule has 0 saturated carbocycles. The second kappa shape index (κ2) is 7.32. The average molecular weight is 369 g/mol. The molecule has 0 unspecified atom stereocenters. The first kappa shape index (κ1) is 17.4. The fraction of sp³-hybridized carbons (Fsp3) is 0. The van der Waals surface area contributed by atoms with Crippen LogP contribution in [0.15, 0.2) is 94.1 Å². The summed E-state index contributed by atoms with van der Waals surface area (Å²) in [7, 11) is 0. The van der Waals surface area contributed by atoms with Crippen LogP contribution in [0.25, 0.3) is 11.0 Å². The number of para-hydroxylation sites is 2. The zero-order chi connectivity index (χ0) is 19.5. The molecule has 0 spiro atoms. The maximum Gasteiger partial charge on any atom is 0.349 e. The van der Waals surface area contributed by atoms with Crippen LogP contribution in [0, 0.1) is 0 Å². The largest absolute Gasteiger partial charge is 0.422 e. The van der Waals surface area contributed by atoms with Gasteiger partial charge in [-0.2, -0.15) is 0 Å². The summed E-state index contributed by atoms with van der Waals surface area (Å²) >= 11 is 0. The molecule has 0 radical (unpaired) electrons. The number of hydrogen-bond donors (Lipinski definition) is 1. The molecule has 0 aliphatic heterocycles. The standard InChI is InChI=1S/C23H15NO4/c25-21(15-8-2-1-3-9-15)17-11-5-6-12-19(17)24-22(26)18-14-16-10-4-7-13-20(16)28-23(18)27/h1-14H,(H,24,26). The number of amides is 1. The lowest BCUT2D eigenvalue weighted by Gasteiger charge is -2.10. The fourth-order valence-electron chi connectivity index (χ4n) is 2.95. The lowest BCUT2D eigenvalue weighted by Crippen LogP contribution is -2.22. The number of anilines is 1. The molecule has 5 nitrogen and oxygen atoms in total. The summed E-state index contributed by atoms with van der Waals surface area (Å²) in [5, 5.41) is 3.30. The first-order chi connectivity index (χ1) is 13.6. The Morgan fingerprint density at radius 1 is 0.750 bits per heavy atom. The predicted molar refractivity (Wildman–Crippen MR) is 107 cm³/mol. The molecule has 3 aromatic carbocycles. The zero-order valence-corrected chi connectivity index (χ0v) is 14.7. The highest BCUT2D eigenvalue weighted by Gasteiger charge is 2.18. The number of carbonyl (C=O) groups excluding carboxylic acids is 2. The number of carbonyl (C=O) groups is 2. The third kappa shape index (κ3) is 3.33. The van der Waals surface area contributed by atoms with Crippen LogP contribution in [0.4, 0.5) is 5.69 Å². The number of fused-ring (bicyclic) bond motifs is 1. The van der Waals surface area contributed by atoms with Crippen molar-refractivity contribution in [2.24, 2.45) is 0 Å². The molecule has 0 fully saturated rings. The van der Waals surface area contributed by atoms with E-state index >= 15 is 0 Å². The van der Waals surface area contributed by atoms with Gasteiger partial charge in [-0.1, -0.05) is 60.7 Å². The molecule has 0 aliphatic rings. The summed E-state index contributed by atoms with van der Waals surface area (Å²) in [5.74, 6) is -0.852. The molecular formula is C23H15NO4. The second-order valence-corrected chi connectivity index (χ2v) is 6.18. The molecule has 1 amide bonds. The van der Waals surface area contributed by atoms with Crippen LogP contribution >= 0.6 is 0 Å². The van der Waals surface area contributed by atoms with Crippen molar-refractivity contribution in [1.82, 2.24) is 0 Å². The minimum atomic E-state index is -0.733. The van der Waals surface area contributed by atoms with Crippen molar-refractivity contribution in [1.29, 1.82) is 0 Å². The van der Waals surface area contributed by atoms with Crippen LogP contribution in [-0.4, -0.2) is 11.7 Å². The van der Waals surface area contributed by atoms with E-state index in [0.29, 0.717) is 27.8 Å². The molecular weight excluding hydrogens is 354 g/mol. The molecule has 0 aliphatic carbocycles. The predicted octanol–water partition coefficient (Wildman–Crippen LogP) is 4.28. The molecule has 1 aromatic heterocycles. The molecule has 5 heteroatoms. The fourth-order valence-corrected chi connectivity index (χ4v) is 2.95. The Kier molecular flexibility index (Phi) is 4.56. The Bertz CT molecular complexity index is 1240. The maximum atomic E-state index is 12.8. The van der Waals surface area contributed by atoms with Gasteiger partial charge in [0.1, 0.15) is 11.1 Å². The highest BCUT2D eigenvalue weighted by molar-refractivity contribution is 6.15. The maximum absolute atomic E-state index is 12.8. The van der Waals surface area contributed by atoms with Gasteiger partial charge in [0.25, 0.3) is 5.91 Å². The van der Waals surface area contributed by atoms with Crippen molar-refractivity contribution in [3.05, 3.63) is 112 Å². The van der Waals surface area contributed by atoms with Gasteiger partial charge in [0, 0.05) is 16.5 Å². The van der Waals surface area contributed by atoms with E-state index in [1.165, 1.54) is 6.07 Å². The Morgan fingerprint density at radius 3 is 2.25 bits per heavy atom. The van der Waals surface area contributed by atoms with E-state index in [4.69, 9.17) is 4.42 Å². The topological polar surface area (TPSA) is 76.4 Å². The van der Waals surface area contributed by atoms with E-state index in [-0.39, 0.29) is 11.3 Å². The SMILES string of the molecule is O=C(c1ccccc1)c1ccccc1NC(=O)c1cc2ccccc2oc1=O. The number of hydrogen-bond acceptors (Lipinski definition) is 4. The number of benzene rings is 3. The minimum absolute atomic E-state index is 0.124. The Morgan fingerprint density at radius 2 is 1.43 bits per heavy atom. The van der Waals surface area contributed by atoms with Gasteiger partial charge in [0.05, 0.1) is 5.69 Å². The van der Waals surface area contributed by atoms with Gasteiger partial charge in [-0.3, -0.25) is 9.59 Å². The van der Waals surface area contributed by atoms with Gasteiger partial charge >= 0.3 is 5.63 Å². The second-order valence-electron chi connectivity index (χ2n) is 6.18. The quantitative estimate of drug-likeness (QED) is 0.430. The van der Waals surface area contributed by atoms with E-state index in [9.17, 15) is 14.4 Å². The third-order valence-corrected chi connectivity index (χ3v) is 4.34. The van der Waals surface area contributed by atoms with E-state index in [2.05, 4.69) is 5.32 Å². The van der Waals surface area contributed by atoms with Crippen LogP contribution in [0.1, 0.15) is 26.3 Å². The van der Waals surface area contributed by atoms with Crippen molar-refractivity contribution in [2.75, 3.05) is 5.32 Å². The van der Waals surface area contributed by atoms with Crippen molar-refractivity contribution >= 4 is 28.3 Å². The van der Waals surface area contributed by atoms with Crippen LogP contribution in [-0.2, 0) is 0 Å². The number of nitrogens with one attached hydrogen (secondary N) is 1. The molecule has 4 aromatic rings. The Balaban J connectivity index is 1.69. The number of rotatable bonds is 4. The molecule has 4 rings (SSSR count). The summed E-state index contributed by atoms with van der Waals surface area (Å²) in [6, 6.07) is 23.9. The third-order valence-electron chi connectivity index (χ3n) is 4.34. The van der Waals surface area contributed by atoms with E-state index in [1.807, 2.05) is 6.07 Å². The number of ketones is 1. The molecule has 0 saturated heterocycles. The van der Waals surface area contributed by atoms with Gasteiger partial charge in [-0.05, 0) is 24.3 Å². The van der Waals surface area contributed by atoms with Gasteiger partial charge < -0.3 is 9.73 Å². The normalized spacial score (nSPS) is 10.6. The lowest BCUT2D eigenvalue weighted by atomic mass is 10.0. The Labute approximate surface area is 160 Å². The van der Waals surface area contributed by atoms with Crippen LogP contribution in [0.2, 0.25) is 0 Å². The molecule has 28 heavy (non-hydrogen) atoms. The first-order valence-electron chi connectivity index (χ1n) is 8.66. The molecule has 1 N–H and O–H groups in total. The van der Waals surface area contributed by atoms with E-state index in [1.54, 1.807) is 72.8 Å². The zero-order valence-electron chi connectivity index (χ0n) is 14.7. The van der Waals surface area contributed by atoms with Crippen molar-refractivity contribution < 1.29 is 14.0 Å². The summed E-state index contributed by atoms with van der Waals surface area (Å²) in [4.78, 5) is 37.7. The molecule has 0 bridgehead atoms. The summed E-state index contributed by atoms with van der Waals surface area (Å²) < 4.78 is 5.22. The van der Waals surface area contributed by atoms with Crippen LogP contribution in [0.5, 0.6) is 0 Å². The molecule has 1 heterocycles. The summed E-state index contributed by atoms with van der Waals surface area (Å²) in [6.45, 7) is 0.